The minimum Gasteiger partial charge on any atom is -0.481 e. The second-order valence-electron chi connectivity index (χ2n) is 4.51. The van der Waals surface area contributed by atoms with E-state index in [1.807, 2.05) is 6.92 Å². The highest BCUT2D eigenvalue weighted by Crippen LogP contribution is 2.37. The van der Waals surface area contributed by atoms with Gasteiger partial charge in [0.15, 0.2) is 5.67 Å². The summed E-state index contributed by atoms with van der Waals surface area (Å²) in [6.45, 7) is 1.92. The quantitative estimate of drug-likeness (QED) is 0.571. The third-order valence-corrected chi connectivity index (χ3v) is 3.05. The second-order valence-corrected chi connectivity index (χ2v) is 4.51. The molecule has 3 unspecified atom stereocenters. The number of aliphatic carboxylic acids is 1. The monoisotopic (exact) mass is 289 g/mol. The van der Waals surface area contributed by atoms with Crippen molar-refractivity contribution in [3.63, 3.8) is 0 Å². The first-order chi connectivity index (χ1) is 9.34. The summed E-state index contributed by atoms with van der Waals surface area (Å²) in [6, 6.07) is -1.91. The Morgan fingerprint density at radius 2 is 2.25 bits per heavy atom. The molecule has 3 atom stereocenters. The van der Waals surface area contributed by atoms with Crippen molar-refractivity contribution in [1.29, 1.82) is 0 Å². The summed E-state index contributed by atoms with van der Waals surface area (Å²) in [5.74, 6) is -6.17. The van der Waals surface area contributed by atoms with Crippen molar-refractivity contribution in [2.24, 2.45) is 11.7 Å². The molecule has 20 heavy (non-hydrogen) atoms. The molecule has 3 N–H and O–H groups in total. The Hall–Kier alpha value is -1.76. The van der Waals surface area contributed by atoms with Gasteiger partial charge in [-0.2, -0.15) is 0 Å². The van der Waals surface area contributed by atoms with Crippen LogP contribution in [0.1, 0.15) is 19.8 Å². The summed E-state index contributed by atoms with van der Waals surface area (Å²) in [5, 5.41) is 8.93. The third kappa shape index (κ3) is 3.22. The number of rotatable bonds is 6. The summed E-state index contributed by atoms with van der Waals surface area (Å²) < 4.78 is 33.0. The smallest absolute Gasteiger partial charge is 0.326 e. The number of ether oxygens (including phenoxy) is 1. The third-order valence-electron chi connectivity index (χ3n) is 3.05. The number of esters is 1. The maximum atomic E-state index is 14.7. The van der Waals surface area contributed by atoms with Gasteiger partial charge >= 0.3 is 11.9 Å². The van der Waals surface area contributed by atoms with Gasteiger partial charge < -0.3 is 15.6 Å². The minimum absolute atomic E-state index is 0.0545. The maximum Gasteiger partial charge on any atom is 0.326 e. The van der Waals surface area contributed by atoms with Gasteiger partial charge in [0.25, 0.3) is 0 Å². The van der Waals surface area contributed by atoms with Crippen LogP contribution in [0.5, 0.6) is 0 Å². The number of carbonyl (C=O) groups excluding carboxylic acids is 1. The van der Waals surface area contributed by atoms with Gasteiger partial charge in [-0.05, 0) is 18.6 Å². The van der Waals surface area contributed by atoms with Crippen molar-refractivity contribution >= 4 is 11.9 Å². The average Bonchev–Trinajstić information content (AvgIpc) is 2.37. The molecule has 0 aromatic carbocycles. The van der Waals surface area contributed by atoms with Crippen molar-refractivity contribution < 1.29 is 28.2 Å². The topological polar surface area (TPSA) is 89.6 Å². The second kappa shape index (κ2) is 6.60. The molecular formula is C13H17F2NO4. The van der Waals surface area contributed by atoms with E-state index in [1.54, 1.807) is 0 Å². The molecule has 0 aliphatic heterocycles. The minimum atomic E-state index is -2.85. The summed E-state index contributed by atoms with van der Waals surface area (Å²) in [5.41, 5.74) is 2.59. The lowest BCUT2D eigenvalue weighted by atomic mass is 9.79. The lowest BCUT2D eigenvalue weighted by Gasteiger charge is -2.33. The van der Waals surface area contributed by atoms with Crippen molar-refractivity contribution in [3.8, 4) is 0 Å². The molecule has 0 aromatic heterocycles. The van der Waals surface area contributed by atoms with E-state index in [9.17, 15) is 18.4 Å². The van der Waals surface area contributed by atoms with Crippen LogP contribution >= 0.6 is 0 Å². The predicted octanol–water partition coefficient (Wildman–Crippen LogP) is 1.49. The molecule has 0 fully saturated rings. The number of halogens is 2. The zero-order valence-corrected chi connectivity index (χ0v) is 11.0. The first-order valence-corrected chi connectivity index (χ1v) is 6.23. The summed E-state index contributed by atoms with van der Waals surface area (Å²) in [6.07, 6.45) is 3.93. The van der Waals surface area contributed by atoms with Crippen LogP contribution in [0.3, 0.4) is 0 Å². The molecule has 0 heterocycles. The number of allylic oxidation sites excluding steroid dienone is 2. The maximum absolute atomic E-state index is 14.7. The normalized spacial score (nSPS) is 26.8. The van der Waals surface area contributed by atoms with E-state index in [4.69, 9.17) is 15.6 Å². The number of hydrogen-bond donors (Lipinski definition) is 2. The predicted molar refractivity (Wildman–Crippen MR) is 67.1 cm³/mol. The van der Waals surface area contributed by atoms with Gasteiger partial charge in [0.05, 0.1) is 6.61 Å². The van der Waals surface area contributed by atoms with Crippen LogP contribution in [0.2, 0.25) is 0 Å². The molecule has 0 spiro atoms. The number of unbranched alkanes of at least 4 members (excludes halogenated alkanes) is 1. The molecule has 0 saturated carbocycles. The first kappa shape index (κ1) is 16.3. The van der Waals surface area contributed by atoms with E-state index in [-0.39, 0.29) is 6.61 Å². The van der Waals surface area contributed by atoms with E-state index < -0.39 is 35.4 Å². The van der Waals surface area contributed by atoms with Crippen LogP contribution in [0, 0.1) is 5.92 Å². The molecule has 0 aromatic rings. The van der Waals surface area contributed by atoms with Crippen molar-refractivity contribution in [2.75, 3.05) is 6.61 Å². The number of carboxylic acid groups (broad SMARTS) is 1. The van der Waals surface area contributed by atoms with Crippen LogP contribution < -0.4 is 5.73 Å². The van der Waals surface area contributed by atoms with Gasteiger partial charge in [0.2, 0.25) is 0 Å². The van der Waals surface area contributed by atoms with E-state index in [0.717, 1.165) is 24.6 Å². The summed E-state index contributed by atoms with van der Waals surface area (Å²) in [7, 11) is 0. The van der Waals surface area contributed by atoms with Gasteiger partial charge in [0, 0.05) is 0 Å². The number of carbonyl (C=O) groups is 2. The summed E-state index contributed by atoms with van der Waals surface area (Å²) >= 11 is 0. The van der Waals surface area contributed by atoms with Crippen LogP contribution in [0.4, 0.5) is 8.78 Å². The highest BCUT2D eigenvalue weighted by atomic mass is 19.2. The fraction of sp³-hybridized carbons (Fsp3) is 0.538. The Kier molecular flexibility index (Phi) is 5.38. The van der Waals surface area contributed by atoms with Crippen LogP contribution in [0.15, 0.2) is 24.1 Å². The Bertz CT molecular complexity index is 450. The molecule has 0 saturated heterocycles. The molecule has 1 aliphatic carbocycles. The molecule has 1 aliphatic rings. The van der Waals surface area contributed by atoms with Crippen molar-refractivity contribution in [2.45, 2.75) is 31.5 Å². The van der Waals surface area contributed by atoms with Gasteiger partial charge in [-0.1, -0.05) is 19.4 Å². The Morgan fingerprint density at radius 3 is 2.80 bits per heavy atom. The standard InChI is InChI=1S/C13H17F2NO4/c1-2-3-7-20-12(19)10(16)13(15)6-4-5-8(14)9(13)11(17)18/h4-6,9-10H,2-3,7,16H2,1H3,(H,17,18). The van der Waals surface area contributed by atoms with Crippen molar-refractivity contribution in [1.82, 2.24) is 0 Å². The summed E-state index contributed by atoms with van der Waals surface area (Å²) in [4.78, 5) is 22.6. The van der Waals surface area contributed by atoms with E-state index in [1.165, 1.54) is 0 Å². The van der Waals surface area contributed by atoms with Crippen LogP contribution in [-0.2, 0) is 14.3 Å². The van der Waals surface area contributed by atoms with E-state index in [0.29, 0.717) is 6.42 Å². The van der Waals surface area contributed by atoms with Gasteiger partial charge in [-0.3, -0.25) is 9.59 Å². The fourth-order valence-corrected chi connectivity index (χ4v) is 1.87. The molecule has 7 heteroatoms. The largest absolute Gasteiger partial charge is 0.481 e. The average molecular weight is 289 g/mol. The molecule has 112 valence electrons. The number of carboxylic acids is 1. The SMILES string of the molecule is CCCCOC(=O)C(N)C1(F)C=CC=C(F)C1C(=O)O. The fourth-order valence-electron chi connectivity index (χ4n) is 1.87. The lowest BCUT2D eigenvalue weighted by molar-refractivity contribution is -0.153. The van der Waals surface area contributed by atoms with Crippen LogP contribution in [0.25, 0.3) is 0 Å². The zero-order chi connectivity index (χ0) is 15.3. The number of hydrogen-bond acceptors (Lipinski definition) is 4. The Morgan fingerprint density at radius 1 is 1.60 bits per heavy atom. The Labute approximate surface area is 115 Å². The molecule has 0 amide bonds. The van der Waals surface area contributed by atoms with Gasteiger partial charge in [-0.15, -0.1) is 0 Å². The molecular weight excluding hydrogens is 272 g/mol. The number of alkyl halides is 1. The number of nitrogens with two attached hydrogens (primary N) is 1. The molecule has 5 nitrogen and oxygen atoms in total. The Balaban J connectivity index is 2.90. The van der Waals surface area contributed by atoms with Crippen molar-refractivity contribution in [3.05, 3.63) is 24.1 Å². The molecule has 0 bridgehead atoms. The highest BCUT2D eigenvalue weighted by molar-refractivity contribution is 5.83. The van der Waals surface area contributed by atoms with E-state index >= 15 is 0 Å². The van der Waals surface area contributed by atoms with Crippen LogP contribution in [-0.4, -0.2) is 35.4 Å². The molecule has 1 rings (SSSR count). The van der Waals surface area contributed by atoms with Gasteiger partial charge in [0.1, 0.15) is 17.8 Å². The van der Waals surface area contributed by atoms with E-state index in [2.05, 4.69) is 0 Å². The zero-order valence-electron chi connectivity index (χ0n) is 11.0. The lowest BCUT2D eigenvalue weighted by Crippen LogP contribution is -2.56. The molecule has 0 radical (unpaired) electrons. The first-order valence-electron chi connectivity index (χ1n) is 6.23. The van der Waals surface area contributed by atoms with Gasteiger partial charge in [-0.25, -0.2) is 8.78 Å². The highest BCUT2D eigenvalue weighted by Gasteiger charge is 2.53.